The van der Waals surface area contributed by atoms with E-state index in [0.29, 0.717) is 5.56 Å². The Morgan fingerprint density at radius 2 is 1.71 bits per heavy atom. The van der Waals surface area contributed by atoms with Crippen molar-refractivity contribution in [2.45, 2.75) is 51.3 Å². The Kier molecular flexibility index (Phi) is 6.91. The van der Waals surface area contributed by atoms with Gasteiger partial charge in [-0.1, -0.05) is 30.3 Å². The van der Waals surface area contributed by atoms with Gasteiger partial charge >= 0.3 is 17.9 Å². The van der Waals surface area contributed by atoms with Gasteiger partial charge in [-0.25, -0.2) is 4.79 Å². The molecule has 2 atom stereocenters. The number of benzene rings is 1. The van der Waals surface area contributed by atoms with E-state index >= 15 is 0 Å². The fourth-order valence-corrected chi connectivity index (χ4v) is 2.05. The lowest BCUT2D eigenvalue weighted by Crippen LogP contribution is -2.44. The van der Waals surface area contributed by atoms with Gasteiger partial charge in [0.1, 0.15) is 17.7 Å². The van der Waals surface area contributed by atoms with Crippen molar-refractivity contribution < 1.29 is 29.3 Å². The Balaban J connectivity index is 3.01. The van der Waals surface area contributed by atoms with Crippen molar-refractivity contribution in [1.29, 1.82) is 0 Å². The number of carboxylic acid groups (broad SMARTS) is 2. The third-order valence-electron chi connectivity index (χ3n) is 3.09. The number of carbonyl (C=O) groups excluding carboxylic acids is 1. The summed E-state index contributed by atoms with van der Waals surface area (Å²) < 4.78 is 5.35. The van der Waals surface area contributed by atoms with Gasteiger partial charge < -0.3 is 14.9 Å². The van der Waals surface area contributed by atoms with Crippen molar-refractivity contribution in [3.63, 3.8) is 0 Å². The average molecular weight is 337 g/mol. The van der Waals surface area contributed by atoms with Crippen LogP contribution in [0.5, 0.6) is 0 Å². The first kappa shape index (κ1) is 19.6. The largest absolute Gasteiger partial charge is 0.481 e. The van der Waals surface area contributed by atoms with Crippen LogP contribution in [-0.2, 0) is 19.1 Å². The van der Waals surface area contributed by atoms with E-state index in [9.17, 15) is 19.5 Å². The van der Waals surface area contributed by atoms with Crippen LogP contribution >= 0.6 is 0 Å². The lowest BCUT2D eigenvalue weighted by Gasteiger charge is -2.26. The number of carboxylic acids is 2. The highest BCUT2D eigenvalue weighted by molar-refractivity contribution is 5.80. The first-order valence-corrected chi connectivity index (χ1v) is 7.58. The topological polar surface area (TPSA) is 113 Å². The molecule has 24 heavy (non-hydrogen) atoms. The smallest absolute Gasteiger partial charge is 0.328 e. The molecular weight excluding hydrogens is 314 g/mol. The van der Waals surface area contributed by atoms with E-state index in [4.69, 9.17) is 9.84 Å². The molecule has 0 saturated heterocycles. The van der Waals surface area contributed by atoms with Crippen LogP contribution in [0, 0.1) is 0 Å². The molecule has 0 fully saturated rings. The summed E-state index contributed by atoms with van der Waals surface area (Å²) in [6.45, 7) is 5.14. The summed E-state index contributed by atoms with van der Waals surface area (Å²) in [5, 5.41) is 20.7. The van der Waals surface area contributed by atoms with Crippen molar-refractivity contribution in [2.24, 2.45) is 0 Å². The maximum atomic E-state index is 12.5. The third kappa shape index (κ3) is 6.78. The molecule has 7 heteroatoms. The van der Waals surface area contributed by atoms with E-state index < -0.39 is 35.6 Å². The molecule has 0 aliphatic heterocycles. The van der Waals surface area contributed by atoms with E-state index in [1.165, 1.54) is 0 Å². The van der Waals surface area contributed by atoms with E-state index in [1.54, 1.807) is 51.1 Å². The zero-order valence-electron chi connectivity index (χ0n) is 14.0. The first-order chi connectivity index (χ1) is 11.1. The summed E-state index contributed by atoms with van der Waals surface area (Å²) in [4.78, 5) is 34.5. The molecule has 0 radical (unpaired) electrons. The lowest BCUT2D eigenvalue weighted by atomic mass is 10.0. The molecule has 0 bridgehead atoms. The highest BCUT2D eigenvalue weighted by Crippen LogP contribution is 2.20. The van der Waals surface area contributed by atoms with Gasteiger partial charge in [-0.3, -0.25) is 14.9 Å². The van der Waals surface area contributed by atoms with Crippen molar-refractivity contribution >= 4 is 17.9 Å². The summed E-state index contributed by atoms with van der Waals surface area (Å²) in [6, 6.07) is 6.39. The second kappa shape index (κ2) is 8.44. The monoisotopic (exact) mass is 337 g/mol. The molecule has 0 aliphatic carbocycles. The zero-order chi connectivity index (χ0) is 18.3. The Hall–Kier alpha value is -2.41. The Labute approximate surface area is 140 Å². The van der Waals surface area contributed by atoms with Crippen LogP contribution in [0.1, 0.15) is 45.2 Å². The molecule has 0 aliphatic rings. The molecule has 1 unspecified atom stereocenters. The Morgan fingerprint density at radius 3 is 2.17 bits per heavy atom. The average Bonchev–Trinajstić information content (AvgIpc) is 2.45. The summed E-state index contributed by atoms with van der Waals surface area (Å²) >= 11 is 0. The predicted octanol–water partition coefficient (Wildman–Crippen LogP) is 1.98. The number of hydrogen-bond donors (Lipinski definition) is 3. The lowest BCUT2D eigenvalue weighted by molar-refractivity contribution is -0.158. The quantitative estimate of drug-likeness (QED) is 0.622. The minimum Gasteiger partial charge on any atom is -0.481 e. The standard InChI is InChI=1S/C17H23NO6/c1-17(2,3)24-16(23)14(11-7-5-4-6-8-11)18-12(15(21)22)9-10-13(19)20/h4-8,12,14,18H,9-10H2,1-3H3,(H,19,20)(H,21,22)/t12-,14?/m0/s1. The minimum atomic E-state index is -1.22. The molecule has 0 saturated carbocycles. The molecule has 3 N–H and O–H groups in total. The molecule has 1 aromatic rings. The highest BCUT2D eigenvalue weighted by atomic mass is 16.6. The first-order valence-electron chi connectivity index (χ1n) is 7.58. The van der Waals surface area contributed by atoms with Crippen molar-refractivity contribution in [3.05, 3.63) is 35.9 Å². The fraction of sp³-hybridized carbons (Fsp3) is 0.471. The molecule has 0 heterocycles. The maximum Gasteiger partial charge on any atom is 0.328 e. The van der Waals surface area contributed by atoms with Gasteiger partial charge in [-0.2, -0.15) is 0 Å². The molecule has 0 amide bonds. The van der Waals surface area contributed by atoms with Crippen LogP contribution in [0.15, 0.2) is 30.3 Å². The summed E-state index contributed by atoms with van der Waals surface area (Å²) in [7, 11) is 0. The highest BCUT2D eigenvalue weighted by Gasteiger charge is 2.31. The summed E-state index contributed by atoms with van der Waals surface area (Å²) in [6.07, 6.45) is -0.462. The molecule has 0 spiro atoms. The second-order valence-corrected chi connectivity index (χ2v) is 6.37. The van der Waals surface area contributed by atoms with Crippen molar-refractivity contribution in [3.8, 4) is 0 Å². The van der Waals surface area contributed by atoms with Crippen molar-refractivity contribution in [1.82, 2.24) is 5.32 Å². The van der Waals surface area contributed by atoms with Crippen LogP contribution in [0.3, 0.4) is 0 Å². The minimum absolute atomic E-state index is 0.142. The van der Waals surface area contributed by atoms with Gasteiger partial charge in [0.05, 0.1) is 0 Å². The Bertz CT molecular complexity index is 578. The van der Waals surface area contributed by atoms with Gasteiger partial charge in [-0.05, 0) is 32.8 Å². The molecule has 0 aromatic heterocycles. The molecule has 1 rings (SSSR count). The van der Waals surface area contributed by atoms with E-state index in [0.717, 1.165) is 0 Å². The molecule has 1 aromatic carbocycles. The number of ether oxygens (including phenoxy) is 1. The Morgan fingerprint density at radius 1 is 1.12 bits per heavy atom. The van der Waals surface area contributed by atoms with Gasteiger partial charge in [0.25, 0.3) is 0 Å². The number of rotatable bonds is 8. The van der Waals surface area contributed by atoms with E-state index in [1.807, 2.05) is 0 Å². The van der Waals surface area contributed by atoms with Crippen LogP contribution in [-0.4, -0.2) is 39.8 Å². The van der Waals surface area contributed by atoms with Crippen LogP contribution < -0.4 is 5.32 Å². The zero-order valence-corrected chi connectivity index (χ0v) is 14.0. The second-order valence-electron chi connectivity index (χ2n) is 6.37. The summed E-state index contributed by atoms with van der Waals surface area (Å²) in [5.41, 5.74) is -0.181. The van der Waals surface area contributed by atoms with Gasteiger partial charge in [0.15, 0.2) is 0 Å². The van der Waals surface area contributed by atoms with Gasteiger partial charge in [-0.15, -0.1) is 0 Å². The number of carbonyl (C=O) groups is 3. The molecular formula is C17H23NO6. The normalized spacial score (nSPS) is 13.8. The van der Waals surface area contributed by atoms with Crippen LogP contribution in [0.25, 0.3) is 0 Å². The maximum absolute atomic E-state index is 12.5. The van der Waals surface area contributed by atoms with Gasteiger partial charge in [0, 0.05) is 6.42 Å². The van der Waals surface area contributed by atoms with Gasteiger partial charge in [0.2, 0.25) is 0 Å². The summed E-state index contributed by atoms with van der Waals surface area (Å²) in [5.74, 6) is -2.94. The number of esters is 1. The number of hydrogen-bond acceptors (Lipinski definition) is 5. The van der Waals surface area contributed by atoms with Crippen LogP contribution in [0.4, 0.5) is 0 Å². The molecule has 7 nitrogen and oxygen atoms in total. The fourth-order valence-electron chi connectivity index (χ4n) is 2.05. The number of nitrogens with one attached hydrogen (secondary N) is 1. The third-order valence-corrected chi connectivity index (χ3v) is 3.09. The molecule has 132 valence electrons. The number of aliphatic carboxylic acids is 2. The van der Waals surface area contributed by atoms with E-state index in [2.05, 4.69) is 5.32 Å². The predicted molar refractivity (Wildman–Crippen MR) is 86.5 cm³/mol. The SMILES string of the molecule is CC(C)(C)OC(=O)C(N[C@@H](CCC(=O)O)C(=O)O)c1ccccc1. The van der Waals surface area contributed by atoms with Crippen molar-refractivity contribution in [2.75, 3.05) is 0 Å². The van der Waals surface area contributed by atoms with E-state index in [-0.39, 0.29) is 12.8 Å². The van der Waals surface area contributed by atoms with Crippen LogP contribution in [0.2, 0.25) is 0 Å².